The van der Waals surface area contributed by atoms with Gasteiger partial charge in [0.25, 0.3) is 5.91 Å². The molecule has 178 valence electrons. The van der Waals surface area contributed by atoms with Crippen LogP contribution in [-0.4, -0.2) is 42.0 Å². The molecule has 1 saturated carbocycles. The van der Waals surface area contributed by atoms with E-state index in [0.717, 1.165) is 44.1 Å². The molecule has 2 atom stereocenters. The van der Waals surface area contributed by atoms with Crippen molar-refractivity contribution >= 4 is 17.6 Å². The van der Waals surface area contributed by atoms with E-state index in [0.29, 0.717) is 35.8 Å². The van der Waals surface area contributed by atoms with Crippen LogP contribution in [0.1, 0.15) is 71.5 Å². The van der Waals surface area contributed by atoms with Crippen molar-refractivity contribution in [2.24, 2.45) is 5.73 Å². The fraction of sp³-hybridized carbons (Fsp3) is 0.444. The lowest BCUT2D eigenvalue weighted by Gasteiger charge is -2.32. The number of amides is 3. The molecule has 4 N–H and O–H groups in total. The molecular formula is C27H33N5O2. The Hall–Kier alpha value is -3.37. The van der Waals surface area contributed by atoms with Crippen LogP contribution >= 0.6 is 0 Å². The minimum atomic E-state index is -0.279. The highest BCUT2D eigenvalue weighted by Crippen LogP contribution is 2.29. The molecule has 0 spiro atoms. The van der Waals surface area contributed by atoms with Crippen LogP contribution in [0.5, 0.6) is 0 Å². The number of piperidine rings is 1. The summed E-state index contributed by atoms with van der Waals surface area (Å²) in [6.45, 7) is 3.28. The monoisotopic (exact) mass is 459 g/mol. The molecule has 34 heavy (non-hydrogen) atoms. The number of nitrogens with one attached hydrogen (secondary N) is 2. The summed E-state index contributed by atoms with van der Waals surface area (Å²) in [6.07, 6.45) is 5.77. The summed E-state index contributed by atoms with van der Waals surface area (Å²) < 4.78 is 0. The van der Waals surface area contributed by atoms with Crippen molar-refractivity contribution in [1.29, 1.82) is 5.26 Å². The highest BCUT2D eigenvalue weighted by Gasteiger charge is 2.26. The average molecular weight is 460 g/mol. The minimum absolute atomic E-state index is 0.0132. The number of nitriles is 1. The molecule has 2 unspecified atom stereocenters. The summed E-state index contributed by atoms with van der Waals surface area (Å²) in [5, 5.41) is 14.9. The number of urea groups is 1. The number of rotatable bonds is 4. The third-order valence-corrected chi connectivity index (χ3v) is 7.16. The van der Waals surface area contributed by atoms with E-state index in [1.807, 2.05) is 48.2 Å². The topological polar surface area (TPSA) is 111 Å². The number of anilines is 1. The van der Waals surface area contributed by atoms with Gasteiger partial charge >= 0.3 is 6.03 Å². The number of carbonyl (C=O) groups excluding carboxylic acids is 2. The van der Waals surface area contributed by atoms with Crippen LogP contribution < -0.4 is 16.4 Å². The van der Waals surface area contributed by atoms with Crippen molar-refractivity contribution in [3.63, 3.8) is 0 Å². The third kappa shape index (κ3) is 5.57. The van der Waals surface area contributed by atoms with Crippen LogP contribution in [-0.2, 0) is 0 Å². The molecule has 2 aliphatic rings. The summed E-state index contributed by atoms with van der Waals surface area (Å²) >= 11 is 0. The highest BCUT2D eigenvalue weighted by molar-refractivity contribution is 5.97. The molecule has 2 aromatic carbocycles. The standard InChI is InChI=1S/C27H33N5O2/c1-18-6-9-22(16-25(18)31-27(34)30-24-5-3-2-4-23(24)29)26(33)32-14-12-21(13-15-32)20-10-7-19(17-28)8-11-20/h6-11,16,21,23-24H,2-5,12-15,29H2,1H3,(H2,30,31,34). The maximum absolute atomic E-state index is 13.2. The van der Waals surface area contributed by atoms with Gasteiger partial charge in [-0.1, -0.05) is 31.0 Å². The Kier molecular flexibility index (Phi) is 7.49. The SMILES string of the molecule is Cc1ccc(C(=O)N2CCC(c3ccc(C#N)cc3)CC2)cc1NC(=O)NC1CCCCC1N. The van der Waals surface area contributed by atoms with E-state index < -0.39 is 0 Å². The molecule has 1 aliphatic heterocycles. The molecule has 2 aromatic rings. The van der Waals surface area contributed by atoms with Gasteiger partial charge in [-0.2, -0.15) is 5.26 Å². The van der Waals surface area contributed by atoms with Gasteiger partial charge in [-0.3, -0.25) is 4.79 Å². The molecule has 1 aliphatic carbocycles. The molecule has 7 nitrogen and oxygen atoms in total. The summed E-state index contributed by atoms with van der Waals surface area (Å²) in [5.74, 6) is 0.373. The maximum Gasteiger partial charge on any atom is 0.319 e. The van der Waals surface area contributed by atoms with Gasteiger partial charge in [-0.15, -0.1) is 0 Å². The largest absolute Gasteiger partial charge is 0.339 e. The van der Waals surface area contributed by atoms with Crippen LogP contribution in [0.25, 0.3) is 0 Å². The van der Waals surface area contributed by atoms with Crippen molar-refractivity contribution in [1.82, 2.24) is 10.2 Å². The fourth-order valence-corrected chi connectivity index (χ4v) is 4.98. The van der Waals surface area contributed by atoms with E-state index in [4.69, 9.17) is 11.0 Å². The fourth-order valence-electron chi connectivity index (χ4n) is 4.98. The molecule has 1 heterocycles. The predicted molar refractivity (Wildman–Crippen MR) is 133 cm³/mol. The van der Waals surface area contributed by atoms with Crippen molar-refractivity contribution < 1.29 is 9.59 Å². The second-order valence-corrected chi connectivity index (χ2v) is 9.48. The summed E-state index contributed by atoms with van der Waals surface area (Å²) in [6, 6.07) is 15.0. The van der Waals surface area contributed by atoms with E-state index in [-0.39, 0.29) is 24.0 Å². The Morgan fingerprint density at radius 2 is 1.74 bits per heavy atom. The Balaban J connectivity index is 1.36. The third-order valence-electron chi connectivity index (χ3n) is 7.16. The maximum atomic E-state index is 13.2. The van der Waals surface area contributed by atoms with E-state index in [2.05, 4.69) is 16.7 Å². The van der Waals surface area contributed by atoms with Gasteiger partial charge in [0.2, 0.25) is 0 Å². The molecule has 1 saturated heterocycles. The first-order chi connectivity index (χ1) is 16.4. The van der Waals surface area contributed by atoms with E-state index >= 15 is 0 Å². The number of carbonyl (C=O) groups is 2. The van der Waals surface area contributed by atoms with Crippen LogP contribution in [0.3, 0.4) is 0 Å². The van der Waals surface area contributed by atoms with Crippen molar-refractivity contribution in [2.75, 3.05) is 18.4 Å². The molecule has 3 amide bonds. The first-order valence-corrected chi connectivity index (χ1v) is 12.2. The lowest BCUT2D eigenvalue weighted by Crippen LogP contribution is -2.50. The smallest absolute Gasteiger partial charge is 0.319 e. The van der Waals surface area contributed by atoms with Gasteiger partial charge in [0, 0.05) is 36.4 Å². The summed E-state index contributed by atoms with van der Waals surface area (Å²) in [7, 11) is 0. The lowest BCUT2D eigenvalue weighted by atomic mass is 9.89. The minimum Gasteiger partial charge on any atom is -0.339 e. The number of likely N-dealkylation sites (tertiary alicyclic amines) is 1. The second kappa shape index (κ2) is 10.7. The zero-order chi connectivity index (χ0) is 24.1. The number of aryl methyl sites for hydroxylation is 1. The van der Waals surface area contributed by atoms with Crippen LogP contribution in [0.4, 0.5) is 10.5 Å². The van der Waals surface area contributed by atoms with Crippen LogP contribution in [0, 0.1) is 18.3 Å². The quantitative estimate of drug-likeness (QED) is 0.634. The number of nitrogens with zero attached hydrogens (tertiary/aromatic N) is 2. The lowest BCUT2D eigenvalue weighted by molar-refractivity contribution is 0.0713. The van der Waals surface area contributed by atoms with Gasteiger partial charge in [-0.05, 0) is 73.9 Å². The number of benzene rings is 2. The molecule has 0 radical (unpaired) electrons. The second-order valence-electron chi connectivity index (χ2n) is 9.48. The first-order valence-electron chi connectivity index (χ1n) is 12.2. The van der Waals surface area contributed by atoms with Gasteiger partial charge in [0.05, 0.1) is 11.6 Å². The zero-order valence-corrected chi connectivity index (χ0v) is 19.7. The summed E-state index contributed by atoms with van der Waals surface area (Å²) in [4.78, 5) is 27.6. The van der Waals surface area contributed by atoms with Gasteiger partial charge in [0.15, 0.2) is 0 Å². The zero-order valence-electron chi connectivity index (χ0n) is 19.7. The Labute approximate surface area is 201 Å². The number of hydrogen-bond acceptors (Lipinski definition) is 4. The predicted octanol–water partition coefficient (Wildman–Crippen LogP) is 4.28. The Morgan fingerprint density at radius 1 is 1.03 bits per heavy atom. The van der Waals surface area contributed by atoms with Gasteiger partial charge in [-0.25, -0.2) is 4.79 Å². The first kappa shape index (κ1) is 23.8. The van der Waals surface area contributed by atoms with Gasteiger partial charge in [0.1, 0.15) is 0 Å². The van der Waals surface area contributed by atoms with E-state index in [1.54, 1.807) is 6.07 Å². The van der Waals surface area contributed by atoms with Crippen LogP contribution in [0.15, 0.2) is 42.5 Å². The van der Waals surface area contributed by atoms with Crippen molar-refractivity contribution in [3.05, 3.63) is 64.7 Å². The van der Waals surface area contributed by atoms with E-state index in [9.17, 15) is 9.59 Å². The molecular weight excluding hydrogens is 426 g/mol. The number of hydrogen-bond donors (Lipinski definition) is 3. The Morgan fingerprint density at radius 3 is 2.41 bits per heavy atom. The molecule has 0 aromatic heterocycles. The highest BCUT2D eigenvalue weighted by atomic mass is 16.2. The summed E-state index contributed by atoms with van der Waals surface area (Å²) in [5.41, 5.74) is 10.1. The molecule has 2 fully saturated rings. The van der Waals surface area contributed by atoms with Crippen molar-refractivity contribution in [3.8, 4) is 6.07 Å². The normalized spacial score (nSPS) is 20.9. The molecule has 7 heteroatoms. The van der Waals surface area contributed by atoms with Crippen molar-refractivity contribution in [2.45, 2.75) is 63.5 Å². The van der Waals surface area contributed by atoms with Crippen LogP contribution in [0.2, 0.25) is 0 Å². The van der Waals surface area contributed by atoms with E-state index in [1.165, 1.54) is 5.56 Å². The Bertz CT molecular complexity index is 1070. The average Bonchev–Trinajstić information content (AvgIpc) is 2.86. The number of nitrogens with two attached hydrogens (primary N) is 1. The molecule has 0 bridgehead atoms. The molecule has 4 rings (SSSR count). The van der Waals surface area contributed by atoms with Gasteiger partial charge < -0.3 is 21.3 Å².